The summed E-state index contributed by atoms with van der Waals surface area (Å²) in [7, 11) is 0. The Bertz CT molecular complexity index is 1250. The van der Waals surface area contributed by atoms with Crippen molar-refractivity contribution in [2.24, 2.45) is 0 Å². The van der Waals surface area contributed by atoms with Crippen molar-refractivity contribution in [1.82, 2.24) is 0 Å². The normalized spacial score (nSPS) is 12.3. The summed E-state index contributed by atoms with van der Waals surface area (Å²) in [6.07, 6.45) is 75.5. The molecule has 0 radical (unpaired) electrons. The van der Waals surface area contributed by atoms with Gasteiger partial charge in [-0.1, -0.05) is 288 Å². The average molecular weight is 1010 g/mol. The van der Waals surface area contributed by atoms with Gasteiger partial charge in [-0.3, -0.25) is 14.4 Å². The zero-order chi connectivity index (χ0) is 52.2. The summed E-state index contributed by atoms with van der Waals surface area (Å²) in [5.41, 5.74) is 0. The maximum absolute atomic E-state index is 12.9. The molecule has 6 heteroatoms. The van der Waals surface area contributed by atoms with Crippen molar-refractivity contribution in [3.8, 4) is 0 Å². The molecule has 0 aromatic heterocycles. The van der Waals surface area contributed by atoms with E-state index in [2.05, 4.69) is 69.4 Å². The topological polar surface area (TPSA) is 78.9 Å². The van der Waals surface area contributed by atoms with Crippen LogP contribution in [0.15, 0.2) is 48.6 Å². The third kappa shape index (κ3) is 58.3. The Morgan fingerprint density at radius 3 is 0.833 bits per heavy atom. The van der Waals surface area contributed by atoms with E-state index in [1.54, 1.807) is 0 Å². The van der Waals surface area contributed by atoms with E-state index >= 15 is 0 Å². The van der Waals surface area contributed by atoms with Crippen molar-refractivity contribution in [2.45, 2.75) is 341 Å². The summed E-state index contributed by atoms with van der Waals surface area (Å²) in [6.45, 7) is 6.59. The molecule has 0 bridgehead atoms. The number of rotatable bonds is 58. The number of hydrogen-bond donors (Lipinski definition) is 0. The first-order valence-electron chi connectivity index (χ1n) is 31.6. The fourth-order valence-corrected chi connectivity index (χ4v) is 9.28. The van der Waals surface area contributed by atoms with Crippen molar-refractivity contribution in [2.75, 3.05) is 13.2 Å². The van der Waals surface area contributed by atoms with Crippen LogP contribution in [0.1, 0.15) is 335 Å². The fourth-order valence-electron chi connectivity index (χ4n) is 9.28. The number of carbonyl (C=O) groups is 3. The predicted octanol–water partition coefficient (Wildman–Crippen LogP) is 21.4. The molecule has 72 heavy (non-hydrogen) atoms. The van der Waals surface area contributed by atoms with Crippen LogP contribution in [-0.2, 0) is 28.6 Å². The summed E-state index contributed by atoms with van der Waals surface area (Å²) in [5, 5.41) is 0. The molecule has 0 N–H and O–H groups in total. The highest BCUT2D eigenvalue weighted by molar-refractivity contribution is 5.71. The lowest BCUT2D eigenvalue weighted by atomic mass is 10.0. The molecule has 0 aromatic carbocycles. The predicted molar refractivity (Wildman–Crippen MR) is 312 cm³/mol. The monoisotopic (exact) mass is 1010 g/mol. The molecule has 1 atom stereocenters. The minimum atomic E-state index is -0.782. The van der Waals surface area contributed by atoms with E-state index in [-0.39, 0.29) is 31.1 Å². The Hall–Kier alpha value is -2.63. The van der Waals surface area contributed by atoms with Gasteiger partial charge in [-0.15, -0.1) is 0 Å². The molecule has 0 aliphatic rings. The van der Waals surface area contributed by atoms with Crippen molar-refractivity contribution >= 4 is 17.9 Å². The van der Waals surface area contributed by atoms with E-state index in [1.807, 2.05) is 0 Å². The SMILES string of the molecule is CCC/C=C\C/C=C\CCCCCCCC(=O)OCC(COC(=O)CCCCCCCCCCCCCCCCCCCCCCCCC)OC(=O)CCCCCCCCC/C=C\C/C=C\CCCCCC. The van der Waals surface area contributed by atoms with Gasteiger partial charge in [0.05, 0.1) is 0 Å². The Balaban J connectivity index is 4.29. The van der Waals surface area contributed by atoms with Gasteiger partial charge >= 0.3 is 17.9 Å². The van der Waals surface area contributed by atoms with E-state index in [1.165, 1.54) is 199 Å². The van der Waals surface area contributed by atoms with Crippen molar-refractivity contribution in [3.63, 3.8) is 0 Å². The maximum Gasteiger partial charge on any atom is 0.306 e. The molecule has 0 fully saturated rings. The number of esters is 3. The Morgan fingerprint density at radius 2 is 0.528 bits per heavy atom. The van der Waals surface area contributed by atoms with Crippen LogP contribution >= 0.6 is 0 Å². The Morgan fingerprint density at radius 1 is 0.278 bits per heavy atom. The van der Waals surface area contributed by atoms with Crippen LogP contribution in [0.4, 0.5) is 0 Å². The van der Waals surface area contributed by atoms with Gasteiger partial charge in [0.15, 0.2) is 6.10 Å². The lowest BCUT2D eigenvalue weighted by Crippen LogP contribution is -2.30. The molecule has 0 aromatic rings. The summed E-state index contributed by atoms with van der Waals surface area (Å²) in [6, 6.07) is 0. The zero-order valence-electron chi connectivity index (χ0n) is 48.2. The molecule has 0 saturated heterocycles. The van der Waals surface area contributed by atoms with Gasteiger partial charge < -0.3 is 14.2 Å². The molecule has 0 amide bonds. The Labute approximate surface area is 448 Å². The summed E-state index contributed by atoms with van der Waals surface area (Å²) < 4.78 is 16.9. The van der Waals surface area contributed by atoms with Crippen molar-refractivity contribution in [1.29, 1.82) is 0 Å². The number of unbranched alkanes of at least 4 members (excludes halogenated alkanes) is 39. The zero-order valence-corrected chi connectivity index (χ0v) is 48.2. The second-order valence-electron chi connectivity index (χ2n) is 21.3. The molecular formula is C66H120O6. The summed E-state index contributed by atoms with van der Waals surface area (Å²) >= 11 is 0. The quantitative estimate of drug-likeness (QED) is 0.0261. The van der Waals surface area contributed by atoms with Crippen LogP contribution in [0.3, 0.4) is 0 Å². The van der Waals surface area contributed by atoms with Crippen molar-refractivity contribution in [3.05, 3.63) is 48.6 Å². The van der Waals surface area contributed by atoms with Gasteiger partial charge in [-0.2, -0.15) is 0 Å². The van der Waals surface area contributed by atoms with Crippen LogP contribution < -0.4 is 0 Å². The molecule has 0 saturated carbocycles. The molecule has 0 rings (SSSR count). The van der Waals surface area contributed by atoms with Crippen LogP contribution in [0.25, 0.3) is 0 Å². The highest BCUT2D eigenvalue weighted by Gasteiger charge is 2.19. The molecule has 0 heterocycles. The summed E-state index contributed by atoms with van der Waals surface area (Å²) in [5.74, 6) is -0.882. The van der Waals surface area contributed by atoms with E-state index in [0.717, 1.165) is 96.3 Å². The van der Waals surface area contributed by atoms with Crippen LogP contribution in [0.2, 0.25) is 0 Å². The summed E-state index contributed by atoms with van der Waals surface area (Å²) in [4.78, 5) is 38.3. The first-order chi connectivity index (χ1) is 35.5. The fraction of sp³-hybridized carbons (Fsp3) is 0.833. The van der Waals surface area contributed by atoms with Gasteiger partial charge in [0.1, 0.15) is 13.2 Å². The lowest BCUT2D eigenvalue weighted by Gasteiger charge is -2.18. The van der Waals surface area contributed by atoms with E-state index in [0.29, 0.717) is 19.3 Å². The van der Waals surface area contributed by atoms with Crippen LogP contribution in [-0.4, -0.2) is 37.2 Å². The molecule has 0 aliphatic carbocycles. The van der Waals surface area contributed by atoms with Gasteiger partial charge in [-0.25, -0.2) is 0 Å². The van der Waals surface area contributed by atoms with Crippen LogP contribution in [0.5, 0.6) is 0 Å². The smallest absolute Gasteiger partial charge is 0.306 e. The first kappa shape index (κ1) is 69.4. The molecule has 1 unspecified atom stereocenters. The second-order valence-corrected chi connectivity index (χ2v) is 21.3. The van der Waals surface area contributed by atoms with E-state index < -0.39 is 6.10 Å². The van der Waals surface area contributed by atoms with E-state index in [9.17, 15) is 14.4 Å². The van der Waals surface area contributed by atoms with Crippen LogP contribution in [0, 0.1) is 0 Å². The molecular weight excluding hydrogens is 889 g/mol. The average Bonchev–Trinajstić information content (AvgIpc) is 3.38. The van der Waals surface area contributed by atoms with Crippen molar-refractivity contribution < 1.29 is 28.6 Å². The van der Waals surface area contributed by atoms with Gasteiger partial charge in [0, 0.05) is 19.3 Å². The first-order valence-corrected chi connectivity index (χ1v) is 31.6. The third-order valence-corrected chi connectivity index (χ3v) is 14.0. The highest BCUT2D eigenvalue weighted by Crippen LogP contribution is 2.17. The number of allylic oxidation sites excluding steroid dienone is 8. The molecule has 6 nitrogen and oxygen atoms in total. The third-order valence-electron chi connectivity index (χ3n) is 14.0. The van der Waals surface area contributed by atoms with E-state index in [4.69, 9.17) is 14.2 Å². The molecule has 420 valence electrons. The molecule has 0 spiro atoms. The second kappa shape index (κ2) is 60.9. The number of carbonyl (C=O) groups excluding carboxylic acids is 3. The van der Waals surface area contributed by atoms with Gasteiger partial charge in [-0.05, 0) is 77.0 Å². The minimum Gasteiger partial charge on any atom is -0.462 e. The minimum absolute atomic E-state index is 0.0777. The van der Waals surface area contributed by atoms with Gasteiger partial charge in [0.2, 0.25) is 0 Å². The largest absolute Gasteiger partial charge is 0.462 e. The lowest BCUT2D eigenvalue weighted by molar-refractivity contribution is -0.167. The highest BCUT2D eigenvalue weighted by atomic mass is 16.6. The van der Waals surface area contributed by atoms with Gasteiger partial charge in [0.25, 0.3) is 0 Å². The number of ether oxygens (including phenoxy) is 3. The maximum atomic E-state index is 12.9. The number of hydrogen-bond acceptors (Lipinski definition) is 6. The Kier molecular flexibility index (Phi) is 58.7. The standard InChI is InChI=1S/C66H120O6/c1-4-7-10-13-16-19-22-25-27-29-31-32-33-34-35-37-38-41-44-47-50-53-56-59-65(68)71-62-63(61-70-64(67)58-55-52-49-46-43-40-24-21-18-15-12-9-6-3)72-66(69)60-57-54-51-48-45-42-39-36-30-28-26-23-20-17-14-11-8-5-2/h12,15,20-21,23-24,28,30,63H,4-11,13-14,16-19,22,25-27,29,31-62H2,1-3H3/b15-12-,23-20-,24-21-,30-28-. The molecule has 0 aliphatic heterocycles.